The molecule has 0 saturated carbocycles. The summed E-state index contributed by atoms with van der Waals surface area (Å²) < 4.78 is 5.55. The lowest BCUT2D eigenvalue weighted by Crippen LogP contribution is -2.47. The molecule has 0 radical (unpaired) electrons. The van der Waals surface area contributed by atoms with Gasteiger partial charge in [0, 0.05) is 49.7 Å². The molecular weight excluding hydrogens is 476 g/mol. The molecule has 0 spiro atoms. The maximum absolute atomic E-state index is 13.3. The zero-order chi connectivity index (χ0) is 27.1. The molecule has 3 aromatic carbocycles. The molecule has 1 aliphatic heterocycles. The summed E-state index contributed by atoms with van der Waals surface area (Å²) in [6, 6.07) is 21.2. The number of nitrogens with zero attached hydrogens (tertiary/aromatic N) is 2. The van der Waals surface area contributed by atoms with Crippen LogP contribution in [0.3, 0.4) is 0 Å². The lowest BCUT2D eigenvalue weighted by atomic mass is 10.1. The van der Waals surface area contributed by atoms with E-state index in [-0.39, 0.29) is 11.8 Å². The summed E-state index contributed by atoms with van der Waals surface area (Å²) in [5.41, 5.74) is 4.88. The fourth-order valence-electron chi connectivity index (χ4n) is 4.64. The van der Waals surface area contributed by atoms with Crippen molar-refractivity contribution in [3.8, 4) is 5.75 Å². The SMILES string of the molecule is CCc1ccc(C(=O)Nc2ccc(N3CCN(c4ccccc4OC)CC3)c(C(=O)NCC(C)C)c2)cc1. The maximum atomic E-state index is 13.3. The van der Waals surface area contributed by atoms with Gasteiger partial charge in [-0.2, -0.15) is 0 Å². The molecule has 2 amide bonds. The Bertz CT molecular complexity index is 1250. The monoisotopic (exact) mass is 514 g/mol. The smallest absolute Gasteiger partial charge is 0.255 e. The molecule has 0 aromatic heterocycles. The van der Waals surface area contributed by atoms with Gasteiger partial charge in [-0.05, 0) is 60.4 Å². The van der Waals surface area contributed by atoms with Crippen LogP contribution in [0.5, 0.6) is 5.75 Å². The standard InChI is InChI=1S/C31H38N4O3/c1-5-23-10-12-24(13-11-23)30(36)33-25-14-15-27(26(20-25)31(37)32-21-22(2)3)34-16-18-35(19-17-34)28-8-6-7-9-29(28)38-4/h6-15,20,22H,5,16-19,21H2,1-4H3,(H,32,37)(H,33,36). The minimum atomic E-state index is -0.195. The number of hydrogen-bond acceptors (Lipinski definition) is 5. The number of nitrogens with one attached hydrogen (secondary N) is 2. The van der Waals surface area contributed by atoms with Crippen LogP contribution >= 0.6 is 0 Å². The van der Waals surface area contributed by atoms with Crippen molar-refractivity contribution < 1.29 is 14.3 Å². The third kappa shape index (κ3) is 6.46. The molecule has 3 aromatic rings. The van der Waals surface area contributed by atoms with Gasteiger partial charge in [-0.3, -0.25) is 9.59 Å². The Balaban J connectivity index is 1.53. The summed E-state index contributed by atoms with van der Waals surface area (Å²) in [4.78, 5) is 30.7. The lowest BCUT2D eigenvalue weighted by molar-refractivity contribution is 0.0948. The van der Waals surface area contributed by atoms with E-state index in [0.717, 1.165) is 49.7 Å². The molecule has 1 fully saturated rings. The van der Waals surface area contributed by atoms with Gasteiger partial charge < -0.3 is 25.2 Å². The van der Waals surface area contributed by atoms with Crippen molar-refractivity contribution in [2.75, 3.05) is 55.0 Å². The molecule has 200 valence electrons. The molecule has 1 heterocycles. The summed E-state index contributed by atoms with van der Waals surface area (Å²) in [6.07, 6.45) is 0.922. The van der Waals surface area contributed by atoms with Crippen molar-refractivity contribution in [2.45, 2.75) is 27.2 Å². The van der Waals surface area contributed by atoms with Gasteiger partial charge in [0.1, 0.15) is 5.75 Å². The summed E-state index contributed by atoms with van der Waals surface area (Å²) in [7, 11) is 1.69. The number of para-hydroxylation sites is 2. The first-order chi connectivity index (χ1) is 18.4. The minimum absolute atomic E-state index is 0.135. The van der Waals surface area contributed by atoms with E-state index in [1.165, 1.54) is 5.56 Å². The van der Waals surface area contributed by atoms with E-state index in [0.29, 0.717) is 29.3 Å². The van der Waals surface area contributed by atoms with E-state index in [4.69, 9.17) is 4.74 Å². The predicted molar refractivity (Wildman–Crippen MR) is 155 cm³/mol. The van der Waals surface area contributed by atoms with Crippen LogP contribution in [0.1, 0.15) is 47.1 Å². The second-order valence-electron chi connectivity index (χ2n) is 9.99. The van der Waals surface area contributed by atoms with Crippen LogP contribution in [0, 0.1) is 5.92 Å². The van der Waals surface area contributed by atoms with Gasteiger partial charge in [0.2, 0.25) is 0 Å². The fraction of sp³-hybridized carbons (Fsp3) is 0.355. The Hall–Kier alpha value is -4.00. The number of amides is 2. The average molecular weight is 515 g/mol. The molecular formula is C31H38N4O3. The van der Waals surface area contributed by atoms with Gasteiger partial charge in [0.05, 0.1) is 18.4 Å². The highest BCUT2D eigenvalue weighted by Crippen LogP contribution is 2.31. The van der Waals surface area contributed by atoms with Gasteiger partial charge in [0.15, 0.2) is 0 Å². The van der Waals surface area contributed by atoms with Crippen molar-refractivity contribution in [1.82, 2.24) is 5.32 Å². The Morgan fingerprint density at radius 3 is 2.16 bits per heavy atom. The molecule has 0 aliphatic carbocycles. The topological polar surface area (TPSA) is 73.9 Å². The van der Waals surface area contributed by atoms with Gasteiger partial charge in [-0.25, -0.2) is 0 Å². The molecule has 0 atom stereocenters. The van der Waals surface area contributed by atoms with Crippen molar-refractivity contribution in [3.05, 3.63) is 83.4 Å². The second kappa shape index (κ2) is 12.5. The number of piperazine rings is 1. The van der Waals surface area contributed by atoms with Gasteiger partial charge in [-0.1, -0.05) is 45.0 Å². The Labute approximate surface area is 225 Å². The number of methoxy groups -OCH3 is 1. The highest BCUT2D eigenvalue weighted by molar-refractivity contribution is 6.06. The molecule has 0 unspecified atom stereocenters. The minimum Gasteiger partial charge on any atom is -0.495 e. The fourth-order valence-corrected chi connectivity index (χ4v) is 4.64. The van der Waals surface area contributed by atoms with E-state index >= 15 is 0 Å². The summed E-state index contributed by atoms with van der Waals surface area (Å²) in [5.74, 6) is 0.864. The van der Waals surface area contributed by atoms with Crippen LogP contribution in [0.25, 0.3) is 0 Å². The zero-order valence-corrected chi connectivity index (χ0v) is 22.8. The van der Waals surface area contributed by atoms with E-state index in [1.54, 1.807) is 13.2 Å². The Morgan fingerprint density at radius 2 is 1.53 bits per heavy atom. The molecule has 7 heteroatoms. The average Bonchev–Trinajstić information content (AvgIpc) is 2.96. The third-order valence-electron chi connectivity index (χ3n) is 6.84. The molecule has 4 rings (SSSR count). The van der Waals surface area contributed by atoms with Crippen LogP contribution in [0.4, 0.5) is 17.1 Å². The predicted octanol–water partition coefficient (Wildman–Crippen LogP) is 5.22. The zero-order valence-electron chi connectivity index (χ0n) is 22.8. The lowest BCUT2D eigenvalue weighted by Gasteiger charge is -2.38. The van der Waals surface area contributed by atoms with Crippen molar-refractivity contribution in [1.29, 1.82) is 0 Å². The van der Waals surface area contributed by atoms with E-state index in [2.05, 4.69) is 47.3 Å². The molecule has 0 bridgehead atoms. The van der Waals surface area contributed by atoms with Crippen molar-refractivity contribution in [3.63, 3.8) is 0 Å². The molecule has 1 saturated heterocycles. The quantitative estimate of drug-likeness (QED) is 0.410. The third-order valence-corrected chi connectivity index (χ3v) is 6.84. The van der Waals surface area contributed by atoms with Crippen molar-refractivity contribution in [2.24, 2.45) is 5.92 Å². The molecule has 38 heavy (non-hydrogen) atoms. The van der Waals surface area contributed by atoms with E-state index in [9.17, 15) is 9.59 Å². The summed E-state index contributed by atoms with van der Waals surface area (Å²) >= 11 is 0. The molecule has 7 nitrogen and oxygen atoms in total. The van der Waals surface area contributed by atoms with Gasteiger partial charge in [0.25, 0.3) is 11.8 Å². The largest absolute Gasteiger partial charge is 0.495 e. The Kier molecular flexibility index (Phi) is 8.89. The van der Waals surface area contributed by atoms with Crippen LogP contribution in [0.15, 0.2) is 66.7 Å². The van der Waals surface area contributed by atoms with E-state index < -0.39 is 0 Å². The first-order valence-electron chi connectivity index (χ1n) is 13.3. The number of carbonyl (C=O) groups excluding carboxylic acids is 2. The summed E-state index contributed by atoms with van der Waals surface area (Å²) in [5, 5.41) is 6.01. The van der Waals surface area contributed by atoms with Crippen LogP contribution in [-0.2, 0) is 6.42 Å². The van der Waals surface area contributed by atoms with Crippen LogP contribution in [0.2, 0.25) is 0 Å². The first kappa shape index (κ1) is 27.0. The number of ether oxygens (including phenoxy) is 1. The Morgan fingerprint density at radius 1 is 0.868 bits per heavy atom. The molecule has 1 aliphatic rings. The first-order valence-corrected chi connectivity index (χ1v) is 13.3. The number of anilines is 3. The highest BCUT2D eigenvalue weighted by Gasteiger charge is 2.24. The summed E-state index contributed by atoms with van der Waals surface area (Å²) in [6.45, 7) is 9.94. The van der Waals surface area contributed by atoms with Gasteiger partial charge >= 0.3 is 0 Å². The number of aryl methyl sites for hydroxylation is 1. The number of carbonyl (C=O) groups is 2. The van der Waals surface area contributed by atoms with Gasteiger partial charge in [-0.15, -0.1) is 0 Å². The number of hydrogen-bond donors (Lipinski definition) is 2. The van der Waals surface area contributed by atoms with Crippen molar-refractivity contribution >= 4 is 28.9 Å². The highest BCUT2D eigenvalue weighted by atomic mass is 16.5. The maximum Gasteiger partial charge on any atom is 0.255 e. The molecule has 2 N–H and O–H groups in total. The number of benzene rings is 3. The van der Waals surface area contributed by atoms with Crippen LogP contribution in [-0.4, -0.2) is 51.6 Å². The normalized spacial score (nSPS) is 13.4. The second-order valence-corrected chi connectivity index (χ2v) is 9.99. The van der Waals surface area contributed by atoms with Crippen LogP contribution < -0.4 is 25.2 Å². The number of rotatable bonds is 9. The van der Waals surface area contributed by atoms with E-state index in [1.807, 2.05) is 54.6 Å².